The number of aryl methyl sites for hydroxylation is 1. The van der Waals surface area contributed by atoms with Crippen molar-refractivity contribution in [3.63, 3.8) is 0 Å². The molecule has 2 unspecified atom stereocenters. The van der Waals surface area contributed by atoms with Crippen LogP contribution in [0.1, 0.15) is 50.3 Å². The van der Waals surface area contributed by atoms with Gasteiger partial charge >= 0.3 is 0 Å². The third-order valence-corrected chi connectivity index (χ3v) is 4.41. The van der Waals surface area contributed by atoms with Crippen LogP contribution in [0.2, 0.25) is 0 Å². The predicted molar refractivity (Wildman–Crippen MR) is 69.1 cm³/mol. The van der Waals surface area contributed by atoms with Crippen LogP contribution in [0.4, 0.5) is 8.78 Å². The standard InChI is InChI=1S/C15H21F2N/c1-9-7-13(17)10(8-12(9)16)14(18)11-5-4-6-15(11,2)3/h7-8,11,14H,4-6,18H2,1-3H3. The molecule has 0 aromatic heterocycles. The Morgan fingerprint density at radius 2 is 1.94 bits per heavy atom. The van der Waals surface area contributed by atoms with E-state index in [1.54, 1.807) is 6.92 Å². The van der Waals surface area contributed by atoms with E-state index in [1.807, 2.05) is 0 Å². The Balaban J connectivity index is 2.34. The number of nitrogens with two attached hydrogens (primary N) is 1. The first kappa shape index (κ1) is 13.5. The number of rotatable bonds is 2. The molecule has 1 aliphatic rings. The van der Waals surface area contributed by atoms with E-state index in [0.29, 0.717) is 11.1 Å². The molecular weight excluding hydrogens is 232 g/mol. The minimum atomic E-state index is -0.419. The highest BCUT2D eigenvalue weighted by atomic mass is 19.1. The van der Waals surface area contributed by atoms with Gasteiger partial charge in [0.05, 0.1) is 0 Å². The van der Waals surface area contributed by atoms with Crippen LogP contribution in [0.5, 0.6) is 0 Å². The summed E-state index contributed by atoms with van der Waals surface area (Å²) in [6.45, 7) is 5.88. The summed E-state index contributed by atoms with van der Waals surface area (Å²) in [7, 11) is 0. The second-order valence-electron chi connectivity index (χ2n) is 6.14. The van der Waals surface area contributed by atoms with Crippen LogP contribution in [0, 0.1) is 29.9 Å². The molecule has 3 heteroatoms. The molecule has 100 valence electrons. The Hall–Kier alpha value is -0.960. The Bertz CT molecular complexity index is 454. The van der Waals surface area contributed by atoms with E-state index in [1.165, 1.54) is 12.1 Å². The van der Waals surface area contributed by atoms with Crippen LogP contribution in [0.15, 0.2) is 12.1 Å². The van der Waals surface area contributed by atoms with Gasteiger partial charge in [-0.1, -0.05) is 20.3 Å². The molecular formula is C15H21F2N. The van der Waals surface area contributed by atoms with E-state index in [4.69, 9.17) is 5.73 Å². The lowest BCUT2D eigenvalue weighted by Gasteiger charge is -2.32. The fourth-order valence-electron chi connectivity index (χ4n) is 3.15. The molecule has 0 spiro atoms. The molecule has 0 bridgehead atoms. The average Bonchev–Trinajstić information content (AvgIpc) is 2.62. The van der Waals surface area contributed by atoms with Gasteiger partial charge in [-0.05, 0) is 48.8 Å². The van der Waals surface area contributed by atoms with Crippen molar-refractivity contribution < 1.29 is 8.78 Å². The molecule has 0 aliphatic heterocycles. The Morgan fingerprint density at radius 3 is 2.50 bits per heavy atom. The molecule has 18 heavy (non-hydrogen) atoms. The van der Waals surface area contributed by atoms with Crippen molar-refractivity contribution >= 4 is 0 Å². The highest BCUT2D eigenvalue weighted by Gasteiger charge is 2.39. The summed E-state index contributed by atoms with van der Waals surface area (Å²) in [5.41, 5.74) is 6.94. The van der Waals surface area contributed by atoms with Gasteiger partial charge < -0.3 is 5.73 Å². The van der Waals surface area contributed by atoms with Crippen LogP contribution in [-0.2, 0) is 0 Å². The van der Waals surface area contributed by atoms with E-state index < -0.39 is 6.04 Å². The summed E-state index contributed by atoms with van der Waals surface area (Å²) >= 11 is 0. The normalized spacial score (nSPS) is 24.2. The van der Waals surface area contributed by atoms with Crippen molar-refractivity contribution in [2.24, 2.45) is 17.1 Å². The minimum Gasteiger partial charge on any atom is -0.324 e. The first-order valence-electron chi connectivity index (χ1n) is 6.54. The molecule has 0 saturated heterocycles. The molecule has 1 aliphatic carbocycles. The van der Waals surface area contributed by atoms with Crippen molar-refractivity contribution in [1.29, 1.82) is 0 Å². The van der Waals surface area contributed by atoms with Crippen molar-refractivity contribution in [3.8, 4) is 0 Å². The van der Waals surface area contributed by atoms with Crippen LogP contribution < -0.4 is 5.73 Å². The first-order chi connectivity index (χ1) is 8.33. The van der Waals surface area contributed by atoms with Gasteiger partial charge in [0.15, 0.2) is 0 Å². The zero-order valence-electron chi connectivity index (χ0n) is 11.3. The maximum atomic E-state index is 13.9. The third-order valence-electron chi connectivity index (χ3n) is 4.41. The maximum absolute atomic E-state index is 13.9. The highest BCUT2D eigenvalue weighted by molar-refractivity contribution is 5.28. The molecule has 1 aromatic carbocycles. The molecule has 1 saturated carbocycles. The zero-order valence-corrected chi connectivity index (χ0v) is 11.3. The second-order valence-corrected chi connectivity index (χ2v) is 6.14. The third kappa shape index (κ3) is 2.28. The van der Waals surface area contributed by atoms with Gasteiger partial charge in [-0.2, -0.15) is 0 Å². The number of hydrogen-bond acceptors (Lipinski definition) is 1. The van der Waals surface area contributed by atoms with E-state index in [0.717, 1.165) is 19.3 Å². The van der Waals surface area contributed by atoms with Crippen LogP contribution in [-0.4, -0.2) is 0 Å². The van der Waals surface area contributed by atoms with Gasteiger partial charge in [0.2, 0.25) is 0 Å². The van der Waals surface area contributed by atoms with Crippen LogP contribution in [0.25, 0.3) is 0 Å². The SMILES string of the molecule is Cc1cc(F)c(C(N)C2CCCC2(C)C)cc1F. The molecule has 2 atom stereocenters. The van der Waals surface area contributed by atoms with E-state index in [9.17, 15) is 8.78 Å². The number of halogens is 2. The fraction of sp³-hybridized carbons (Fsp3) is 0.600. The summed E-state index contributed by atoms with van der Waals surface area (Å²) in [4.78, 5) is 0. The largest absolute Gasteiger partial charge is 0.324 e. The number of hydrogen-bond donors (Lipinski definition) is 1. The lowest BCUT2D eigenvalue weighted by Crippen LogP contribution is -2.30. The van der Waals surface area contributed by atoms with Crippen molar-refractivity contribution in [2.75, 3.05) is 0 Å². The minimum absolute atomic E-state index is 0.104. The van der Waals surface area contributed by atoms with Gasteiger partial charge in [-0.15, -0.1) is 0 Å². The average molecular weight is 253 g/mol. The summed E-state index contributed by atoms with van der Waals surface area (Å²) < 4.78 is 27.5. The zero-order chi connectivity index (χ0) is 13.5. The van der Waals surface area contributed by atoms with Crippen molar-refractivity contribution in [3.05, 3.63) is 34.9 Å². The lowest BCUT2D eigenvalue weighted by molar-refractivity contribution is 0.219. The predicted octanol–water partition coefficient (Wildman–Crippen LogP) is 4.10. The van der Waals surface area contributed by atoms with Gasteiger partial charge in [0, 0.05) is 11.6 Å². The van der Waals surface area contributed by atoms with Crippen LogP contribution in [0.3, 0.4) is 0 Å². The molecule has 0 heterocycles. The maximum Gasteiger partial charge on any atom is 0.128 e. The van der Waals surface area contributed by atoms with E-state index >= 15 is 0 Å². The highest BCUT2D eigenvalue weighted by Crippen LogP contribution is 2.48. The molecule has 1 aromatic rings. The van der Waals surface area contributed by atoms with Gasteiger partial charge in [-0.3, -0.25) is 0 Å². The second kappa shape index (κ2) is 4.61. The molecule has 0 amide bonds. The first-order valence-corrected chi connectivity index (χ1v) is 6.54. The molecule has 2 N–H and O–H groups in total. The van der Waals surface area contributed by atoms with Gasteiger partial charge in [0.1, 0.15) is 11.6 Å². The van der Waals surface area contributed by atoms with Gasteiger partial charge in [0.25, 0.3) is 0 Å². The van der Waals surface area contributed by atoms with E-state index in [-0.39, 0.29) is 23.0 Å². The molecule has 0 radical (unpaired) electrons. The fourth-order valence-corrected chi connectivity index (χ4v) is 3.15. The lowest BCUT2D eigenvalue weighted by atomic mass is 9.75. The number of benzene rings is 1. The smallest absolute Gasteiger partial charge is 0.128 e. The Kier molecular flexibility index (Phi) is 3.45. The monoisotopic (exact) mass is 253 g/mol. The molecule has 1 nitrogen and oxygen atoms in total. The van der Waals surface area contributed by atoms with E-state index in [2.05, 4.69) is 13.8 Å². The van der Waals surface area contributed by atoms with Crippen molar-refractivity contribution in [1.82, 2.24) is 0 Å². The molecule has 1 fully saturated rings. The summed E-state index contributed by atoms with van der Waals surface area (Å²) in [5.74, 6) is -0.546. The summed E-state index contributed by atoms with van der Waals surface area (Å²) in [6.07, 6.45) is 3.20. The quantitative estimate of drug-likeness (QED) is 0.843. The molecule has 2 rings (SSSR count). The topological polar surface area (TPSA) is 26.0 Å². The Labute approximate surface area is 107 Å². The van der Waals surface area contributed by atoms with Crippen molar-refractivity contribution in [2.45, 2.75) is 46.1 Å². The Morgan fingerprint density at radius 1 is 1.28 bits per heavy atom. The summed E-state index contributed by atoms with van der Waals surface area (Å²) in [5, 5.41) is 0. The van der Waals surface area contributed by atoms with Gasteiger partial charge in [-0.25, -0.2) is 8.78 Å². The van der Waals surface area contributed by atoms with Crippen LogP contribution >= 0.6 is 0 Å². The summed E-state index contributed by atoms with van der Waals surface area (Å²) in [6, 6.07) is 2.09.